The van der Waals surface area contributed by atoms with E-state index in [1.54, 1.807) is 24.3 Å². The van der Waals surface area contributed by atoms with Crippen LogP contribution in [0.25, 0.3) is 0 Å². The topological polar surface area (TPSA) is 142 Å². The number of unbranched alkanes of at least 4 members (excludes halogenated alkanes) is 1. The maximum Gasteiger partial charge on any atom is 0.260 e. The molecule has 0 bridgehead atoms. The molecule has 208 valence electrons. The van der Waals surface area contributed by atoms with Crippen LogP contribution in [0.5, 0.6) is 0 Å². The van der Waals surface area contributed by atoms with Crippen molar-refractivity contribution < 1.29 is 13.2 Å². The lowest BCUT2D eigenvalue weighted by Crippen LogP contribution is -2.35. The van der Waals surface area contributed by atoms with E-state index in [0.29, 0.717) is 48.6 Å². The number of sulfonamides is 1. The van der Waals surface area contributed by atoms with Gasteiger partial charge in [0.15, 0.2) is 0 Å². The molecule has 1 saturated carbocycles. The van der Waals surface area contributed by atoms with Crippen molar-refractivity contribution in [2.45, 2.75) is 75.6 Å². The molecule has 0 unspecified atom stereocenters. The van der Waals surface area contributed by atoms with Crippen molar-refractivity contribution in [3.63, 3.8) is 0 Å². The zero-order valence-corrected chi connectivity index (χ0v) is 23.1. The first-order valence-electron chi connectivity index (χ1n) is 13.9. The highest BCUT2D eigenvalue weighted by Crippen LogP contribution is 2.25. The third kappa shape index (κ3) is 7.42. The Bertz CT molecular complexity index is 1160. The van der Waals surface area contributed by atoms with Crippen LogP contribution in [0.2, 0.25) is 0 Å². The molecule has 0 atom stereocenters. The molecule has 1 aliphatic carbocycles. The largest absolute Gasteiger partial charge is 0.369 e. The molecule has 2 aliphatic rings. The van der Waals surface area contributed by atoms with Crippen LogP contribution >= 0.6 is 0 Å². The van der Waals surface area contributed by atoms with Crippen molar-refractivity contribution in [1.29, 1.82) is 0 Å². The highest BCUT2D eigenvalue weighted by Gasteiger charge is 2.26. The van der Waals surface area contributed by atoms with E-state index < -0.39 is 10.0 Å². The van der Waals surface area contributed by atoms with Crippen LogP contribution < -0.4 is 21.7 Å². The molecule has 0 spiro atoms. The third-order valence-electron chi connectivity index (χ3n) is 7.36. The summed E-state index contributed by atoms with van der Waals surface area (Å²) < 4.78 is 27.4. The number of aromatic nitrogens is 2. The van der Waals surface area contributed by atoms with E-state index in [2.05, 4.69) is 32.8 Å². The molecule has 10 nitrogen and oxygen atoms in total. The van der Waals surface area contributed by atoms with Crippen LogP contribution in [0.3, 0.4) is 0 Å². The summed E-state index contributed by atoms with van der Waals surface area (Å²) in [5.41, 5.74) is 6.89. The van der Waals surface area contributed by atoms with E-state index in [-0.39, 0.29) is 16.8 Å². The predicted octanol–water partition coefficient (Wildman–Crippen LogP) is 4.04. The lowest BCUT2D eigenvalue weighted by atomic mass is 9.86. The molecular formula is C27H41N7O3S. The van der Waals surface area contributed by atoms with E-state index in [1.165, 1.54) is 10.5 Å². The summed E-state index contributed by atoms with van der Waals surface area (Å²) in [6, 6.07) is 6.61. The summed E-state index contributed by atoms with van der Waals surface area (Å²) in [6.07, 6.45) is 10.5. The minimum Gasteiger partial charge on any atom is -0.369 e. The summed E-state index contributed by atoms with van der Waals surface area (Å²) in [5.74, 6) is 1.09. The zero-order chi connectivity index (χ0) is 27.0. The van der Waals surface area contributed by atoms with Crippen LogP contribution in [-0.4, -0.2) is 60.8 Å². The minimum absolute atomic E-state index is 0.234. The maximum atomic E-state index is 13.2. The van der Waals surface area contributed by atoms with Gasteiger partial charge in [-0.25, -0.2) is 13.4 Å². The van der Waals surface area contributed by atoms with Crippen molar-refractivity contribution in [3.05, 3.63) is 36.0 Å². The van der Waals surface area contributed by atoms with Gasteiger partial charge >= 0.3 is 0 Å². The minimum atomic E-state index is -3.53. The Kier molecular flexibility index (Phi) is 9.92. The second kappa shape index (κ2) is 13.3. The summed E-state index contributed by atoms with van der Waals surface area (Å²) in [7, 11) is -3.53. The molecule has 2 fully saturated rings. The number of hydrogen-bond donors (Lipinski definition) is 4. The van der Waals surface area contributed by atoms with Gasteiger partial charge < -0.3 is 21.7 Å². The third-order valence-corrected chi connectivity index (χ3v) is 9.27. The quantitative estimate of drug-likeness (QED) is 0.311. The number of anilines is 3. The molecule has 2 heterocycles. The van der Waals surface area contributed by atoms with E-state index >= 15 is 0 Å². The summed E-state index contributed by atoms with van der Waals surface area (Å²) >= 11 is 0. The molecule has 1 saturated heterocycles. The van der Waals surface area contributed by atoms with Gasteiger partial charge in [0.1, 0.15) is 11.4 Å². The van der Waals surface area contributed by atoms with Crippen LogP contribution in [-0.2, 0) is 10.0 Å². The molecule has 1 aliphatic heterocycles. The molecular weight excluding hydrogens is 502 g/mol. The standard InChI is InChI=1S/C27H41N7O3S/c1-2-3-15-29-27-31-19-24(25(33-27)30-18-20-7-9-21(28)10-8-20)26(35)32-22-11-13-23(14-12-22)38(36,37)34-16-5-4-6-17-34/h11-14,19-21H,2-10,15-18,28H2,1H3,(H,32,35)(H2,29,30,31,33). The molecule has 4 rings (SSSR count). The molecule has 1 aromatic carbocycles. The predicted molar refractivity (Wildman–Crippen MR) is 151 cm³/mol. The van der Waals surface area contributed by atoms with E-state index in [1.807, 2.05) is 0 Å². The van der Waals surface area contributed by atoms with Crippen LogP contribution in [0.15, 0.2) is 35.4 Å². The van der Waals surface area contributed by atoms with Gasteiger partial charge in [-0.05, 0) is 75.1 Å². The summed E-state index contributed by atoms with van der Waals surface area (Å²) in [5, 5.41) is 9.47. The Labute approximate surface area is 226 Å². The van der Waals surface area contributed by atoms with E-state index in [4.69, 9.17) is 5.73 Å². The molecule has 5 N–H and O–H groups in total. The number of benzene rings is 1. The smallest absolute Gasteiger partial charge is 0.260 e. The normalized spacial score (nSPS) is 20.6. The number of nitrogens with two attached hydrogens (primary N) is 1. The number of nitrogens with zero attached hydrogens (tertiary/aromatic N) is 3. The summed E-state index contributed by atoms with van der Waals surface area (Å²) in [6.45, 7) is 4.69. The zero-order valence-electron chi connectivity index (χ0n) is 22.3. The van der Waals surface area contributed by atoms with Crippen LogP contribution in [0.4, 0.5) is 17.5 Å². The number of carbonyl (C=O) groups excluding carboxylic acids is 1. The fraction of sp³-hybridized carbons (Fsp3) is 0.593. The van der Waals surface area contributed by atoms with Crippen molar-refractivity contribution >= 4 is 33.4 Å². The fourth-order valence-corrected chi connectivity index (χ4v) is 6.46. The Hall–Kier alpha value is -2.76. The number of piperidine rings is 1. The average Bonchev–Trinajstić information content (AvgIpc) is 2.94. The first kappa shape index (κ1) is 28.3. The second-order valence-electron chi connectivity index (χ2n) is 10.3. The molecule has 0 radical (unpaired) electrons. The van der Waals surface area contributed by atoms with E-state index in [9.17, 15) is 13.2 Å². The molecule has 2 aromatic rings. The van der Waals surface area contributed by atoms with Gasteiger partial charge in [0.05, 0.1) is 4.90 Å². The van der Waals surface area contributed by atoms with E-state index in [0.717, 1.165) is 64.3 Å². The molecule has 1 amide bonds. The maximum absolute atomic E-state index is 13.2. The van der Waals surface area contributed by atoms with Gasteiger partial charge in [0, 0.05) is 44.1 Å². The first-order valence-corrected chi connectivity index (χ1v) is 15.3. The molecule has 11 heteroatoms. The van der Waals surface area contributed by atoms with Crippen molar-refractivity contribution in [2.24, 2.45) is 11.7 Å². The molecule has 1 aromatic heterocycles. The number of amides is 1. The van der Waals surface area contributed by atoms with Gasteiger partial charge in [-0.2, -0.15) is 9.29 Å². The lowest BCUT2D eigenvalue weighted by Gasteiger charge is -2.26. The number of carbonyl (C=O) groups is 1. The van der Waals surface area contributed by atoms with Gasteiger partial charge in [-0.3, -0.25) is 4.79 Å². The van der Waals surface area contributed by atoms with Gasteiger partial charge in [0.25, 0.3) is 5.91 Å². The Morgan fingerprint density at radius 1 is 1.05 bits per heavy atom. The van der Waals surface area contributed by atoms with Crippen LogP contribution in [0.1, 0.15) is 75.1 Å². The molecule has 38 heavy (non-hydrogen) atoms. The Morgan fingerprint density at radius 3 is 2.45 bits per heavy atom. The highest BCUT2D eigenvalue weighted by molar-refractivity contribution is 7.89. The first-order chi connectivity index (χ1) is 18.4. The van der Waals surface area contributed by atoms with Crippen molar-refractivity contribution in [3.8, 4) is 0 Å². The average molecular weight is 544 g/mol. The SMILES string of the molecule is CCCCNc1ncc(C(=O)Nc2ccc(S(=O)(=O)N3CCCCC3)cc2)c(NCC2CCC(N)CC2)n1. The van der Waals surface area contributed by atoms with Gasteiger partial charge in [-0.15, -0.1) is 0 Å². The Morgan fingerprint density at radius 2 is 1.76 bits per heavy atom. The fourth-order valence-electron chi connectivity index (χ4n) is 4.94. The second-order valence-corrected chi connectivity index (χ2v) is 12.3. The highest BCUT2D eigenvalue weighted by atomic mass is 32.2. The summed E-state index contributed by atoms with van der Waals surface area (Å²) in [4.78, 5) is 22.4. The number of hydrogen-bond acceptors (Lipinski definition) is 8. The number of nitrogens with one attached hydrogen (secondary N) is 3. The van der Waals surface area contributed by atoms with Crippen molar-refractivity contribution in [2.75, 3.05) is 42.1 Å². The Balaban J connectivity index is 1.45. The monoisotopic (exact) mass is 543 g/mol. The van der Waals surface area contributed by atoms with Crippen LogP contribution in [0, 0.1) is 5.92 Å². The van der Waals surface area contributed by atoms with Gasteiger partial charge in [0.2, 0.25) is 16.0 Å². The van der Waals surface area contributed by atoms with Gasteiger partial charge in [-0.1, -0.05) is 19.8 Å². The van der Waals surface area contributed by atoms with Crippen molar-refractivity contribution in [1.82, 2.24) is 14.3 Å². The number of rotatable bonds is 11. The lowest BCUT2D eigenvalue weighted by molar-refractivity contribution is 0.102.